The predicted octanol–water partition coefficient (Wildman–Crippen LogP) is -0.208. The number of carboxylic acid groups (broad SMARTS) is 1. The Morgan fingerprint density at radius 2 is 1.77 bits per heavy atom. The van der Waals surface area contributed by atoms with E-state index >= 15 is 0 Å². The molecule has 5 heterocycles. The first-order valence-corrected chi connectivity index (χ1v) is 20.5. The molecule has 0 spiro atoms. The number of fused-ring (bicyclic) bond motifs is 2. The number of hydrogen-bond acceptors (Lipinski definition) is 17. The van der Waals surface area contributed by atoms with E-state index < -0.39 is 84.6 Å². The molecule has 4 aromatic rings. The number of hydroxylamine groups is 2. The fourth-order valence-corrected chi connectivity index (χ4v) is 8.84. The lowest BCUT2D eigenvalue weighted by molar-refractivity contribution is -1.04. The minimum Gasteiger partial charge on any atom is -0.508 e. The summed E-state index contributed by atoms with van der Waals surface area (Å²) < 4.78 is 23.4. The maximum absolute atomic E-state index is 13.7. The van der Waals surface area contributed by atoms with Gasteiger partial charge in [-0.3, -0.25) is 19.7 Å². The van der Waals surface area contributed by atoms with Crippen LogP contribution in [0.3, 0.4) is 0 Å². The summed E-state index contributed by atoms with van der Waals surface area (Å²) in [5.41, 5.74) is 2.41. The molecule has 64 heavy (non-hydrogen) atoms. The summed E-state index contributed by atoms with van der Waals surface area (Å²) in [4.78, 5) is 51.0. The molecule has 19 heteroatoms. The Morgan fingerprint density at radius 3 is 2.45 bits per heavy atom. The molecule has 8 rings (SSSR count). The van der Waals surface area contributed by atoms with Crippen molar-refractivity contribution >= 4 is 34.8 Å². The summed E-state index contributed by atoms with van der Waals surface area (Å²) in [6.07, 6.45) is -4.81. The Bertz CT molecular complexity index is 2590. The number of aliphatic carboxylic acids is 1. The largest absolute Gasteiger partial charge is 0.508 e. The third kappa shape index (κ3) is 8.22. The molecular weight excluding hydrogens is 839 g/mol. The Kier molecular flexibility index (Phi) is 12.3. The molecule has 19 nitrogen and oxygen atoms in total. The molecule has 10 atom stereocenters. The molecule has 0 amide bonds. The van der Waals surface area contributed by atoms with E-state index in [0.29, 0.717) is 28.4 Å². The number of ether oxygens (including phenoxy) is 3. The van der Waals surface area contributed by atoms with E-state index in [1.165, 1.54) is 36.6 Å². The van der Waals surface area contributed by atoms with Crippen molar-refractivity contribution in [3.05, 3.63) is 111 Å². The van der Waals surface area contributed by atoms with Crippen LogP contribution in [0.4, 0.5) is 0 Å². The number of nitrogens with zero attached hydrogens (tertiary/aromatic N) is 1. The lowest BCUT2D eigenvalue weighted by Gasteiger charge is -2.47. The van der Waals surface area contributed by atoms with Gasteiger partial charge in [-0.25, -0.2) is 4.99 Å². The van der Waals surface area contributed by atoms with Crippen LogP contribution in [-0.2, 0) is 23.9 Å². The molecule has 0 radical (unpaired) electrons. The average Bonchev–Trinajstić information content (AvgIpc) is 3.85. The molecular formula is C45H48N3O16+. The highest BCUT2D eigenvalue weighted by molar-refractivity contribution is 5.95. The van der Waals surface area contributed by atoms with Gasteiger partial charge in [-0.1, -0.05) is 29.3 Å². The van der Waals surface area contributed by atoms with Gasteiger partial charge >= 0.3 is 11.9 Å². The lowest BCUT2D eigenvalue weighted by atomic mass is 9.79. The first kappa shape index (κ1) is 44.8. The average molecular weight is 887 g/mol. The number of quaternary nitrogens is 1. The number of aliphatic imine (C=N–C) groups is 1. The summed E-state index contributed by atoms with van der Waals surface area (Å²) >= 11 is 0. The molecule has 2 saturated heterocycles. The number of carbonyl (C=O) groups is 2. The second-order valence-corrected chi connectivity index (χ2v) is 16.4. The first-order chi connectivity index (χ1) is 30.5. The quantitative estimate of drug-likeness (QED) is 0.0472. The van der Waals surface area contributed by atoms with Crippen molar-refractivity contribution in [1.82, 2.24) is 5.32 Å². The number of phenolic OH excluding ortho intramolecular Hbond substituents is 1. The SMILES string of the molecule is Cc1cc(C)cc(C2=C3N=CC=C3C[NH+]2OC2C(Oc3ccc4c(=O)c(-c5ccc(O)cc5)coc4c3)OC(C(O)(CO)OC(=O)C(C(=O)O)C3(O)NCCCC3CO)C(O)C2O)c1. The normalized spacial score (nSPS) is 28.1. The molecule has 0 aliphatic carbocycles. The number of phenols is 1. The van der Waals surface area contributed by atoms with Crippen molar-refractivity contribution in [2.24, 2.45) is 16.8 Å². The van der Waals surface area contributed by atoms with Gasteiger partial charge < -0.3 is 59.5 Å². The summed E-state index contributed by atoms with van der Waals surface area (Å²) in [6, 6.07) is 15.9. The number of aryl methyl sites for hydroxylation is 2. The van der Waals surface area contributed by atoms with Gasteiger partial charge in [-0.05, 0) is 81.3 Å². The first-order valence-electron chi connectivity index (χ1n) is 20.5. The van der Waals surface area contributed by atoms with E-state index in [-0.39, 0.29) is 47.5 Å². The highest BCUT2D eigenvalue weighted by Crippen LogP contribution is 2.37. The van der Waals surface area contributed by atoms with Crippen molar-refractivity contribution in [1.29, 1.82) is 0 Å². The van der Waals surface area contributed by atoms with Gasteiger partial charge in [-0.15, -0.1) is 0 Å². The number of aromatic hydroxyl groups is 1. The van der Waals surface area contributed by atoms with Crippen LogP contribution in [0.25, 0.3) is 27.8 Å². The monoisotopic (exact) mass is 886 g/mol. The Balaban J connectivity index is 1.15. The van der Waals surface area contributed by atoms with Crippen LogP contribution in [0.1, 0.15) is 29.5 Å². The van der Waals surface area contributed by atoms with Crippen LogP contribution in [0.2, 0.25) is 0 Å². The number of aliphatic hydroxyl groups is 6. The number of carboxylic acids is 1. The molecule has 4 aliphatic heterocycles. The highest BCUT2D eigenvalue weighted by atomic mass is 16.8. The minimum atomic E-state index is -3.30. The number of rotatable bonds is 13. The zero-order chi connectivity index (χ0) is 45.7. The highest BCUT2D eigenvalue weighted by Gasteiger charge is 2.61. The lowest BCUT2D eigenvalue weighted by Crippen LogP contribution is -3.08. The van der Waals surface area contributed by atoms with Crippen molar-refractivity contribution < 1.29 is 79.0 Å². The summed E-state index contributed by atoms with van der Waals surface area (Å²) in [7, 11) is 0. The molecule has 10 unspecified atom stereocenters. The van der Waals surface area contributed by atoms with Crippen molar-refractivity contribution in [2.75, 3.05) is 26.3 Å². The smallest absolute Gasteiger partial charge is 0.327 e. The van der Waals surface area contributed by atoms with Gasteiger partial charge in [0.05, 0.1) is 17.6 Å². The summed E-state index contributed by atoms with van der Waals surface area (Å²) in [5, 5.41) is 90.3. The van der Waals surface area contributed by atoms with Crippen molar-refractivity contribution in [3.63, 3.8) is 0 Å². The molecule has 4 aliphatic rings. The molecule has 2 fully saturated rings. The van der Waals surface area contributed by atoms with E-state index in [1.807, 2.05) is 32.0 Å². The third-order valence-corrected chi connectivity index (χ3v) is 12.0. The number of esters is 1. The number of aliphatic hydroxyl groups excluding tert-OH is 4. The molecule has 0 saturated carbocycles. The van der Waals surface area contributed by atoms with Crippen LogP contribution in [0.15, 0.2) is 98.5 Å². The van der Waals surface area contributed by atoms with E-state index in [9.17, 15) is 55.2 Å². The van der Waals surface area contributed by atoms with Gasteiger partial charge in [-0.2, -0.15) is 9.90 Å². The molecule has 3 aromatic carbocycles. The fourth-order valence-electron chi connectivity index (χ4n) is 8.84. The van der Waals surface area contributed by atoms with E-state index in [2.05, 4.69) is 10.3 Å². The molecule has 1 aromatic heterocycles. The van der Waals surface area contributed by atoms with Gasteiger partial charge in [0.1, 0.15) is 60.1 Å². The molecule has 0 bridgehead atoms. The maximum atomic E-state index is 13.7. The minimum absolute atomic E-state index is 0.00671. The van der Waals surface area contributed by atoms with Crippen molar-refractivity contribution in [3.8, 4) is 22.6 Å². The standard InChI is InChI=1S/C45H47N3O16/c1-22-14-23(2)16-26(15-22)35-34-25(11-13-46-34)18-48(35)64-39-37(53)38(54)40(44(58,21-50)63-42(57)33(41(55)56)45(59)27(19-49)4-3-12-47-45)62-43(39)61-29-9-10-30-32(17-29)60-20-31(36(30)52)24-5-7-28(51)8-6-24/h5-11,13-17,20,27,33,37-40,43,47,49-51,53-54,58-59H,3-4,12,18-19,21H2,1-2H3,(H,55,56)/p+1. The van der Waals surface area contributed by atoms with Crippen LogP contribution >= 0.6 is 0 Å². The Hall–Kier alpha value is -5.84. The van der Waals surface area contributed by atoms with E-state index in [4.69, 9.17) is 23.5 Å². The van der Waals surface area contributed by atoms with Crippen molar-refractivity contribution in [2.45, 2.75) is 68.9 Å². The molecule has 10 N–H and O–H groups in total. The second kappa shape index (κ2) is 17.6. The van der Waals surface area contributed by atoms with E-state index in [1.54, 1.807) is 24.4 Å². The van der Waals surface area contributed by atoms with Gasteiger partial charge in [0.25, 0.3) is 5.79 Å². The number of allylic oxidation sites excluding steroid dienone is 1. The number of piperidine rings is 1. The zero-order valence-electron chi connectivity index (χ0n) is 34.6. The fraction of sp³-hybridized carbons (Fsp3) is 0.378. The number of carbonyl (C=O) groups excluding carboxylic acids is 1. The summed E-state index contributed by atoms with van der Waals surface area (Å²) in [5.74, 6) is -10.6. The summed E-state index contributed by atoms with van der Waals surface area (Å²) in [6.45, 7) is 1.87. The van der Waals surface area contributed by atoms with Crippen LogP contribution < -0.4 is 20.5 Å². The zero-order valence-corrected chi connectivity index (χ0v) is 34.6. The molecule has 338 valence electrons. The van der Waals surface area contributed by atoms with Crippen LogP contribution in [0, 0.1) is 25.7 Å². The van der Waals surface area contributed by atoms with Crippen LogP contribution in [0.5, 0.6) is 11.5 Å². The Labute approximate surface area is 364 Å². The Morgan fingerprint density at radius 1 is 1.03 bits per heavy atom. The maximum Gasteiger partial charge on any atom is 0.327 e. The van der Waals surface area contributed by atoms with Crippen LogP contribution in [-0.4, -0.2) is 128 Å². The number of benzene rings is 3. The van der Waals surface area contributed by atoms with E-state index in [0.717, 1.165) is 22.3 Å². The predicted molar refractivity (Wildman–Crippen MR) is 223 cm³/mol. The number of hydrogen-bond donors (Lipinski definition) is 10. The second-order valence-electron chi connectivity index (χ2n) is 16.4. The topological polar surface area (TPSA) is 292 Å². The third-order valence-electron chi connectivity index (χ3n) is 12.0. The van der Waals surface area contributed by atoms with Gasteiger partial charge in [0, 0.05) is 29.3 Å². The van der Waals surface area contributed by atoms with Gasteiger partial charge in [0.15, 0.2) is 23.1 Å². The number of nitrogens with one attached hydrogen (secondary N) is 2. The van der Waals surface area contributed by atoms with Gasteiger partial charge in [0.2, 0.25) is 12.4 Å².